The highest BCUT2D eigenvalue weighted by molar-refractivity contribution is 6.32. The number of anilines is 2. The Bertz CT molecular complexity index is 515. The minimum atomic E-state index is 0.532. The van der Waals surface area contributed by atoms with Gasteiger partial charge in [-0.1, -0.05) is 29.8 Å². The van der Waals surface area contributed by atoms with E-state index in [0.717, 1.165) is 11.3 Å². The lowest BCUT2D eigenvalue weighted by Gasteiger charge is -2.19. The number of nitrogens with two attached hydrogens (primary N) is 1. The Kier molecular flexibility index (Phi) is 3.44. The average molecular weight is 249 g/mol. The third kappa shape index (κ3) is 2.65. The highest BCUT2D eigenvalue weighted by Crippen LogP contribution is 2.22. The predicted octanol–water partition coefficient (Wildman–Crippen LogP) is 2.35. The first-order chi connectivity index (χ1) is 8.18. The summed E-state index contributed by atoms with van der Waals surface area (Å²) in [5.41, 5.74) is 7.71. The standard InChI is InChI=1S/C12H13ClN4/c1-17(12-10(13)6-15-8-16-12)7-9-4-2-3-5-11(9)14/h2-6,8H,7,14H2,1H3. The summed E-state index contributed by atoms with van der Waals surface area (Å²) in [6.07, 6.45) is 3.06. The van der Waals surface area contributed by atoms with E-state index < -0.39 is 0 Å². The molecule has 88 valence electrons. The summed E-state index contributed by atoms with van der Waals surface area (Å²) in [6.45, 7) is 0.656. The van der Waals surface area contributed by atoms with Crippen LogP contribution in [0.2, 0.25) is 5.02 Å². The van der Waals surface area contributed by atoms with Crippen LogP contribution in [0.5, 0.6) is 0 Å². The summed E-state index contributed by atoms with van der Waals surface area (Å²) in [5, 5.41) is 0.532. The van der Waals surface area contributed by atoms with Gasteiger partial charge in [-0.15, -0.1) is 0 Å². The molecule has 0 saturated heterocycles. The third-order valence-corrected chi connectivity index (χ3v) is 2.74. The fraction of sp³-hybridized carbons (Fsp3) is 0.167. The fourth-order valence-electron chi connectivity index (χ4n) is 1.60. The number of halogens is 1. The van der Waals surface area contributed by atoms with Crippen molar-refractivity contribution < 1.29 is 0 Å². The van der Waals surface area contributed by atoms with E-state index in [1.807, 2.05) is 36.2 Å². The van der Waals surface area contributed by atoms with Gasteiger partial charge in [-0.05, 0) is 11.6 Å². The molecule has 2 aromatic rings. The van der Waals surface area contributed by atoms with Gasteiger partial charge >= 0.3 is 0 Å². The van der Waals surface area contributed by atoms with Gasteiger partial charge in [0.05, 0.1) is 6.20 Å². The molecule has 5 heteroatoms. The van der Waals surface area contributed by atoms with Gasteiger partial charge in [-0.3, -0.25) is 0 Å². The molecule has 1 heterocycles. The zero-order valence-electron chi connectivity index (χ0n) is 9.47. The number of hydrogen-bond acceptors (Lipinski definition) is 4. The van der Waals surface area contributed by atoms with Crippen LogP contribution in [0, 0.1) is 0 Å². The molecule has 0 atom stereocenters. The van der Waals surface area contributed by atoms with Crippen LogP contribution in [0.1, 0.15) is 5.56 Å². The first-order valence-corrected chi connectivity index (χ1v) is 5.56. The molecule has 4 nitrogen and oxygen atoms in total. The molecule has 0 radical (unpaired) electrons. The molecule has 0 bridgehead atoms. The minimum absolute atomic E-state index is 0.532. The van der Waals surface area contributed by atoms with E-state index in [9.17, 15) is 0 Å². The quantitative estimate of drug-likeness (QED) is 0.848. The number of para-hydroxylation sites is 1. The van der Waals surface area contributed by atoms with Gasteiger partial charge in [-0.2, -0.15) is 0 Å². The molecule has 0 aliphatic carbocycles. The summed E-state index contributed by atoms with van der Waals surface area (Å²) in [7, 11) is 1.92. The lowest BCUT2D eigenvalue weighted by molar-refractivity contribution is 0.893. The number of nitrogens with zero attached hydrogens (tertiary/aromatic N) is 3. The van der Waals surface area contributed by atoms with Crippen molar-refractivity contribution >= 4 is 23.1 Å². The molecule has 17 heavy (non-hydrogen) atoms. The van der Waals surface area contributed by atoms with Crippen molar-refractivity contribution in [2.24, 2.45) is 0 Å². The van der Waals surface area contributed by atoms with Crippen molar-refractivity contribution in [2.45, 2.75) is 6.54 Å². The Hall–Kier alpha value is -1.81. The molecule has 0 fully saturated rings. The van der Waals surface area contributed by atoms with Gasteiger partial charge in [0.1, 0.15) is 11.3 Å². The van der Waals surface area contributed by atoms with Crippen LogP contribution in [0.25, 0.3) is 0 Å². The average Bonchev–Trinajstić information content (AvgIpc) is 2.32. The number of nitrogen functional groups attached to an aromatic ring is 1. The maximum absolute atomic E-state index is 6.03. The molecule has 2 N–H and O–H groups in total. The molecule has 0 aliphatic heterocycles. The second kappa shape index (κ2) is 5.01. The summed E-state index contributed by atoms with van der Waals surface area (Å²) in [6, 6.07) is 7.74. The van der Waals surface area contributed by atoms with E-state index in [4.69, 9.17) is 17.3 Å². The van der Waals surface area contributed by atoms with Crippen molar-refractivity contribution in [3.05, 3.63) is 47.4 Å². The lowest BCUT2D eigenvalue weighted by Crippen LogP contribution is -2.19. The fourth-order valence-corrected chi connectivity index (χ4v) is 1.85. The molecule has 1 aromatic carbocycles. The smallest absolute Gasteiger partial charge is 0.150 e. The maximum Gasteiger partial charge on any atom is 0.150 e. The molecule has 0 amide bonds. The number of benzene rings is 1. The summed E-state index contributed by atoms with van der Waals surface area (Å²) >= 11 is 6.03. The normalized spacial score (nSPS) is 10.2. The van der Waals surface area contributed by atoms with E-state index in [1.165, 1.54) is 6.33 Å². The first-order valence-electron chi connectivity index (χ1n) is 5.18. The Morgan fingerprint density at radius 2 is 2.12 bits per heavy atom. The number of aromatic nitrogens is 2. The molecule has 0 saturated carbocycles. The maximum atomic E-state index is 6.03. The van der Waals surface area contributed by atoms with Gasteiger partial charge in [-0.25, -0.2) is 9.97 Å². The molecular formula is C12H13ClN4. The number of rotatable bonds is 3. The van der Waals surface area contributed by atoms with Crippen molar-refractivity contribution in [3.63, 3.8) is 0 Å². The topological polar surface area (TPSA) is 55.0 Å². The van der Waals surface area contributed by atoms with Crippen LogP contribution in [0.4, 0.5) is 11.5 Å². The van der Waals surface area contributed by atoms with Gasteiger partial charge in [0.2, 0.25) is 0 Å². The summed E-state index contributed by atoms with van der Waals surface area (Å²) in [4.78, 5) is 9.94. The summed E-state index contributed by atoms with van der Waals surface area (Å²) in [5.74, 6) is 0.699. The predicted molar refractivity (Wildman–Crippen MR) is 70.0 cm³/mol. The zero-order chi connectivity index (χ0) is 12.3. The van der Waals surface area contributed by atoms with E-state index in [-0.39, 0.29) is 0 Å². The summed E-state index contributed by atoms with van der Waals surface area (Å²) < 4.78 is 0. The van der Waals surface area contributed by atoms with Gasteiger partial charge in [0.25, 0.3) is 0 Å². The van der Waals surface area contributed by atoms with Crippen LogP contribution < -0.4 is 10.6 Å². The Morgan fingerprint density at radius 1 is 1.35 bits per heavy atom. The molecule has 0 aliphatic rings. The van der Waals surface area contributed by atoms with Crippen molar-refractivity contribution in [3.8, 4) is 0 Å². The zero-order valence-corrected chi connectivity index (χ0v) is 10.2. The molecular weight excluding hydrogens is 236 g/mol. The van der Waals surface area contributed by atoms with Crippen LogP contribution in [0.15, 0.2) is 36.8 Å². The van der Waals surface area contributed by atoms with Gasteiger partial charge in [0, 0.05) is 19.3 Å². The Morgan fingerprint density at radius 3 is 2.82 bits per heavy atom. The van der Waals surface area contributed by atoms with Gasteiger partial charge in [0.15, 0.2) is 5.82 Å². The molecule has 2 rings (SSSR count). The van der Waals surface area contributed by atoms with Crippen LogP contribution in [-0.2, 0) is 6.54 Å². The number of hydrogen-bond donors (Lipinski definition) is 1. The highest BCUT2D eigenvalue weighted by Gasteiger charge is 2.09. The lowest BCUT2D eigenvalue weighted by atomic mass is 10.2. The SMILES string of the molecule is CN(Cc1ccccc1N)c1ncncc1Cl. The molecule has 0 spiro atoms. The third-order valence-electron chi connectivity index (χ3n) is 2.47. The van der Waals surface area contributed by atoms with Crippen molar-refractivity contribution in [1.82, 2.24) is 9.97 Å². The second-order valence-corrected chi connectivity index (χ2v) is 4.16. The Balaban J connectivity index is 2.20. The van der Waals surface area contributed by atoms with Gasteiger partial charge < -0.3 is 10.6 Å². The van der Waals surface area contributed by atoms with E-state index >= 15 is 0 Å². The Labute approximate surface area is 105 Å². The van der Waals surface area contributed by atoms with Crippen molar-refractivity contribution in [1.29, 1.82) is 0 Å². The van der Waals surface area contributed by atoms with E-state index in [1.54, 1.807) is 6.20 Å². The monoisotopic (exact) mass is 248 g/mol. The van der Waals surface area contributed by atoms with Crippen LogP contribution in [0.3, 0.4) is 0 Å². The van der Waals surface area contributed by atoms with Crippen molar-refractivity contribution in [2.75, 3.05) is 17.7 Å². The second-order valence-electron chi connectivity index (χ2n) is 3.75. The molecule has 1 aromatic heterocycles. The highest BCUT2D eigenvalue weighted by atomic mass is 35.5. The van der Waals surface area contributed by atoms with Crippen LogP contribution in [-0.4, -0.2) is 17.0 Å². The van der Waals surface area contributed by atoms with E-state index in [2.05, 4.69) is 9.97 Å². The van der Waals surface area contributed by atoms with E-state index in [0.29, 0.717) is 17.4 Å². The van der Waals surface area contributed by atoms with Crippen LogP contribution >= 0.6 is 11.6 Å². The largest absolute Gasteiger partial charge is 0.398 e. The molecule has 0 unspecified atom stereocenters. The minimum Gasteiger partial charge on any atom is -0.398 e. The first kappa shape index (κ1) is 11.7.